The number of anilines is 1. The van der Waals surface area contributed by atoms with Gasteiger partial charge in [-0.05, 0) is 24.1 Å². The van der Waals surface area contributed by atoms with Crippen LogP contribution in [0, 0.1) is 0 Å². The fourth-order valence-corrected chi connectivity index (χ4v) is 3.80. The first-order valence-electron chi connectivity index (χ1n) is 10.0. The van der Waals surface area contributed by atoms with Crippen LogP contribution in [-0.2, 0) is 19.5 Å². The van der Waals surface area contributed by atoms with E-state index in [-0.39, 0.29) is 11.9 Å². The molecule has 0 saturated heterocycles. The van der Waals surface area contributed by atoms with Crippen molar-refractivity contribution in [1.82, 2.24) is 15.1 Å². The van der Waals surface area contributed by atoms with Crippen LogP contribution in [0.3, 0.4) is 0 Å². The molecule has 0 saturated carbocycles. The molecule has 0 aliphatic carbocycles. The first-order valence-corrected chi connectivity index (χ1v) is 10.0. The molecule has 1 aliphatic heterocycles. The Morgan fingerprint density at radius 3 is 2.70 bits per heavy atom. The Morgan fingerprint density at radius 1 is 1.20 bits per heavy atom. The Balaban J connectivity index is 1.53. The Bertz CT molecular complexity index is 1050. The van der Waals surface area contributed by atoms with Crippen LogP contribution in [0.2, 0.25) is 0 Å². The maximum Gasteiger partial charge on any atom is 0.257 e. The van der Waals surface area contributed by atoms with Gasteiger partial charge in [0, 0.05) is 18.2 Å². The third-order valence-electron chi connectivity index (χ3n) is 5.39. The van der Waals surface area contributed by atoms with Gasteiger partial charge in [0.1, 0.15) is 22.9 Å². The lowest BCUT2D eigenvalue weighted by Gasteiger charge is -2.13. The molecule has 2 heterocycles. The molecule has 1 atom stereocenters. The second-order valence-corrected chi connectivity index (χ2v) is 7.17. The maximum atomic E-state index is 13.1. The van der Waals surface area contributed by atoms with Crippen LogP contribution in [-0.4, -0.2) is 29.9 Å². The van der Waals surface area contributed by atoms with Gasteiger partial charge in [-0.2, -0.15) is 5.10 Å². The van der Waals surface area contributed by atoms with Crippen molar-refractivity contribution in [3.8, 4) is 11.5 Å². The molecule has 1 aliphatic rings. The Kier molecular flexibility index (Phi) is 5.61. The SMILES string of the molecule is CCc1nn2c(c1C(=O)NCc1ccc(OC)cc1OC)NC(c1ccccc1)C2. The van der Waals surface area contributed by atoms with E-state index in [9.17, 15) is 4.79 Å². The third-order valence-corrected chi connectivity index (χ3v) is 5.39. The zero-order chi connectivity index (χ0) is 21.1. The molecule has 2 aromatic carbocycles. The van der Waals surface area contributed by atoms with Gasteiger partial charge in [-0.1, -0.05) is 37.3 Å². The number of carbonyl (C=O) groups is 1. The molecule has 7 nitrogen and oxygen atoms in total. The average Bonchev–Trinajstić information content (AvgIpc) is 3.35. The lowest BCUT2D eigenvalue weighted by Crippen LogP contribution is -2.24. The summed E-state index contributed by atoms with van der Waals surface area (Å²) < 4.78 is 12.6. The fraction of sp³-hybridized carbons (Fsp3) is 0.304. The second-order valence-electron chi connectivity index (χ2n) is 7.17. The van der Waals surface area contributed by atoms with Crippen LogP contribution >= 0.6 is 0 Å². The normalized spacial score (nSPS) is 14.7. The second kappa shape index (κ2) is 8.49. The van der Waals surface area contributed by atoms with Crippen LogP contribution < -0.4 is 20.1 Å². The maximum absolute atomic E-state index is 13.1. The summed E-state index contributed by atoms with van der Waals surface area (Å²) in [6.45, 7) is 3.06. The molecule has 1 unspecified atom stereocenters. The summed E-state index contributed by atoms with van der Waals surface area (Å²) in [5.41, 5.74) is 3.46. The van der Waals surface area contributed by atoms with Gasteiger partial charge in [-0.25, -0.2) is 4.68 Å². The number of nitrogens with zero attached hydrogens (tertiary/aromatic N) is 2. The number of aryl methyl sites for hydroxylation is 1. The molecular formula is C23H26N4O3. The highest BCUT2D eigenvalue weighted by Gasteiger charge is 2.31. The van der Waals surface area contributed by atoms with Crippen molar-refractivity contribution in [3.05, 3.63) is 70.9 Å². The number of methoxy groups -OCH3 is 2. The number of carbonyl (C=O) groups excluding carboxylic acids is 1. The summed E-state index contributed by atoms with van der Waals surface area (Å²) in [7, 11) is 3.21. The molecule has 1 aromatic heterocycles. The topological polar surface area (TPSA) is 77.4 Å². The van der Waals surface area contributed by atoms with E-state index in [2.05, 4.69) is 27.9 Å². The highest BCUT2D eigenvalue weighted by Crippen LogP contribution is 2.33. The highest BCUT2D eigenvalue weighted by molar-refractivity contribution is 6.00. The van der Waals surface area contributed by atoms with Crippen molar-refractivity contribution in [2.75, 3.05) is 19.5 Å². The first kappa shape index (κ1) is 19.8. The van der Waals surface area contributed by atoms with Gasteiger partial charge in [0.05, 0.1) is 32.5 Å². The number of benzene rings is 2. The monoisotopic (exact) mass is 406 g/mol. The molecule has 0 bridgehead atoms. The number of rotatable bonds is 7. The number of ether oxygens (including phenoxy) is 2. The van der Waals surface area contributed by atoms with Gasteiger partial charge in [0.2, 0.25) is 0 Å². The smallest absolute Gasteiger partial charge is 0.257 e. The van der Waals surface area contributed by atoms with E-state index < -0.39 is 0 Å². The minimum atomic E-state index is -0.146. The van der Waals surface area contributed by atoms with E-state index in [1.165, 1.54) is 5.56 Å². The van der Waals surface area contributed by atoms with Crippen LogP contribution in [0.4, 0.5) is 5.82 Å². The van der Waals surface area contributed by atoms with Gasteiger partial charge in [0.15, 0.2) is 0 Å². The van der Waals surface area contributed by atoms with E-state index in [0.29, 0.717) is 36.6 Å². The predicted molar refractivity (Wildman–Crippen MR) is 115 cm³/mol. The van der Waals surface area contributed by atoms with Crippen molar-refractivity contribution >= 4 is 11.7 Å². The number of amides is 1. The van der Waals surface area contributed by atoms with Crippen LogP contribution in [0.1, 0.15) is 40.1 Å². The predicted octanol–water partition coefficient (Wildman–Crippen LogP) is 3.56. The van der Waals surface area contributed by atoms with E-state index in [1.54, 1.807) is 14.2 Å². The summed E-state index contributed by atoms with van der Waals surface area (Å²) in [6.07, 6.45) is 0.687. The zero-order valence-electron chi connectivity index (χ0n) is 17.4. The van der Waals surface area contributed by atoms with E-state index in [4.69, 9.17) is 9.47 Å². The lowest BCUT2D eigenvalue weighted by molar-refractivity contribution is 0.0950. The minimum Gasteiger partial charge on any atom is -0.497 e. The third kappa shape index (κ3) is 3.70. The van der Waals surface area contributed by atoms with Gasteiger partial charge in [-0.15, -0.1) is 0 Å². The molecule has 1 amide bonds. The summed E-state index contributed by atoms with van der Waals surface area (Å²) >= 11 is 0. The number of aromatic nitrogens is 2. The molecule has 0 fully saturated rings. The lowest BCUT2D eigenvalue weighted by atomic mass is 10.1. The molecule has 3 aromatic rings. The van der Waals surface area contributed by atoms with E-state index in [0.717, 1.165) is 17.1 Å². The highest BCUT2D eigenvalue weighted by atomic mass is 16.5. The first-order chi connectivity index (χ1) is 14.6. The summed E-state index contributed by atoms with van der Waals surface area (Å²) in [5.74, 6) is 2.01. The van der Waals surface area contributed by atoms with Gasteiger partial charge >= 0.3 is 0 Å². The van der Waals surface area contributed by atoms with Gasteiger partial charge in [0.25, 0.3) is 5.91 Å². The van der Waals surface area contributed by atoms with Crippen molar-refractivity contribution in [1.29, 1.82) is 0 Å². The van der Waals surface area contributed by atoms with E-state index in [1.807, 2.05) is 48.0 Å². The van der Waals surface area contributed by atoms with E-state index >= 15 is 0 Å². The Hall–Kier alpha value is -3.48. The molecule has 156 valence electrons. The van der Waals surface area contributed by atoms with Crippen molar-refractivity contribution in [2.45, 2.75) is 32.5 Å². The average molecular weight is 406 g/mol. The molecule has 4 rings (SSSR count). The van der Waals surface area contributed by atoms with Crippen molar-refractivity contribution in [3.63, 3.8) is 0 Å². The number of nitrogens with one attached hydrogen (secondary N) is 2. The Labute approximate surface area is 176 Å². The largest absolute Gasteiger partial charge is 0.497 e. The quantitative estimate of drug-likeness (QED) is 0.627. The number of fused-ring (bicyclic) bond motifs is 1. The summed E-state index contributed by atoms with van der Waals surface area (Å²) in [6, 6.07) is 15.9. The standard InChI is InChI=1S/C23H26N4O3/c1-4-18-21(22-25-19(14-27(22)26-18)15-8-6-5-7-9-15)23(28)24-13-16-10-11-17(29-2)12-20(16)30-3/h5-12,19,25H,4,13-14H2,1-3H3,(H,24,28). The number of hydrogen-bond donors (Lipinski definition) is 2. The summed E-state index contributed by atoms with van der Waals surface area (Å²) in [4.78, 5) is 13.1. The zero-order valence-corrected chi connectivity index (χ0v) is 17.4. The van der Waals surface area contributed by atoms with Crippen LogP contribution in [0.15, 0.2) is 48.5 Å². The van der Waals surface area contributed by atoms with Crippen LogP contribution in [0.25, 0.3) is 0 Å². The molecule has 7 heteroatoms. The van der Waals surface area contributed by atoms with Crippen LogP contribution in [0.5, 0.6) is 11.5 Å². The van der Waals surface area contributed by atoms with Gasteiger partial charge in [-0.3, -0.25) is 4.79 Å². The van der Waals surface area contributed by atoms with Crippen molar-refractivity contribution < 1.29 is 14.3 Å². The molecular weight excluding hydrogens is 380 g/mol. The molecule has 0 radical (unpaired) electrons. The molecule has 2 N–H and O–H groups in total. The Morgan fingerprint density at radius 2 is 2.00 bits per heavy atom. The fourth-order valence-electron chi connectivity index (χ4n) is 3.80. The van der Waals surface area contributed by atoms with Gasteiger partial charge < -0.3 is 20.1 Å². The van der Waals surface area contributed by atoms with Crippen molar-refractivity contribution in [2.24, 2.45) is 0 Å². The molecule has 30 heavy (non-hydrogen) atoms. The minimum absolute atomic E-state index is 0.104. The number of hydrogen-bond acceptors (Lipinski definition) is 5. The summed E-state index contributed by atoms with van der Waals surface area (Å²) in [5, 5.41) is 11.2. The molecule has 0 spiro atoms.